The van der Waals surface area contributed by atoms with Crippen molar-refractivity contribution >= 4 is 23.3 Å². The molecule has 0 aliphatic carbocycles. The first-order chi connectivity index (χ1) is 8.86. The molecule has 0 unspecified atom stereocenters. The van der Waals surface area contributed by atoms with E-state index >= 15 is 0 Å². The van der Waals surface area contributed by atoms with Gasteiger partial charge in [-0.3, -0.25) is 10.1 Å². The Bertz CT molecular complexity index is 508. The maximum absolute atomic E-state index is 13.0. The molecule has 0 aromatic heterocycles. The lowest BCUT2D eigenvalue weighted by Crippen LogP contribution is -2.26. The molecule has 104 valence electrons. The highest BCUT2D eigenvalue weighted by molar-refractivity contribution is 6.32. The number of esters is 1. The summed E-state index contributed by atoms with van der Waals surface area (Å²) in [6, 6.07) is 1.53. The van der Waals surface area contributed by atoms with Crippen LogP contribution in [0.2, 0.25) is 5.02 Å². The van der Waals surface area contributed by atoms with Crippen LogP contribution in [0.25, 0.3) is 0 Å². The topological polar surface area (TPSA) is 78.7 Å². The zero-order chi connectivity index (χ0) is 14.6. The molecule has 1 rings (SSSR count). The van der Waals surface area contributed by atoms with E-state index in [4.69, 9.17) is 16.3 Å². The fourth-order valence-corrected chi connectivity index (χ4v) is 1.53. The number of halogens is 2. The van der Waals surface area contributed by atoms with E-state index < -0.39 is 28.5 Å². The predicted octanol–water partition coefficient (Wildman–Crippen LogP) is 2.72. The van der Waals surface area contributed by atoms with Crippen molar-refractivity contribution in [2.45, 2.75) is 20.0 Å². The van der Waals surface area contributed by atoms with Gasteiger partial charge in [0.2, 0.25) is 5.75 Å². The summed E-state index contributed by atoms with van der Waals surface area (Å²) in [5.74, 6) is -1.93. The van der Waals surface area contributed by atoms with Crippen molar-refractivity contribution in [3.05, 3.63) is 33.1 Å². The summed E-state index contributed by atoms with van der Waals surface area (Å²) in [4.78, 5) is 21.3. The second-order valence-electron chi connectivity index (χ2n) is 3.51. The molecule has 0 saturated heterocycles. The summed E-state index contributed by atoms with van der Waals surface area (Å²) >= 11 is 5.68. The minimum Gasteiger partial charge on any atom is -0.471 e. The van der Waals surface area contributed by atoms with Crippen LogP contribution in [0, 0.1) is 15.9 Å². The molecule has 1 aromatic carbocycles. The molecule has 0 radical (unpaired) electrons. The smallest absolute Gasteiger partial charge is 0.347 e. The molecule has 0 bridgehead atoms. The van der Waals surface area contributed by atoms with Crippen LogP contribution >= 0.6 is 11.6 Å². The average molecular weight is 292 g/mol. The third kappa shape index (κ3) is 3.78. The maximum Gasteiger partial charge on any atom is 0.347 e. The van der Waals surface area contributed by atoms with Gasteiger partial charge in [0.25, 0.3) is 0 Å². The van der Waals surface area contributed by atoms with Gasteiger partial charge in [-0.05, 0) is 19.9 Å². The molecule has 19 heavy (non-hydrogen) atoms. The highest BCUT2D eigenvalue weighted by Crippen LogP contribution is 2.36. The Kier molecular flexibility index (Phi) is 5.05. The molecular weight excluding hydrogens is 281 g/mol. The van der Waals surface area contributed by atoms with Crippen LogP contribution in [0.5, 0.6) is 5.75 Å². The van der Waals surface area contributed by atoms with Gasteiger partial charge in [-0.25, -0.2) is 9.18 Å². The van der Waals surface area contributed by atoms with Gasteiger partial charge >= 0.3 is 11.7 Å². The Morgan fingerprint density at radius 1 is 1.58 bits per heavy atom. The molecule has 0 amide bonds. The molecular formula is C11H11ClFNO5. The van der Waals surface area contributed by atoms with Crippen LogP contribution in [-0.2, 0) is 9.53 Å². The third-order valence-corrected chi connectivity index (χ3v) is 2.38. The van der Waals surface area contributed by atoms with E-state index in [1.807, 2.05) is 0 Å². The van der Waals surface area contributed by atoms with Crippen molar-refractivity contribution in [1.82, 2.24) is 0 Å². The van der Waals surface area contributed by atoms with Crippen molar-refractivity contribution in [2.75, 3.05) is 6.61 Å². The van der Waals surface area contributed by atoms with Crippen molar-refractivity contribution in [3.8, 4) is 5.75 Å². The van der Waals surface area contributed by atoms with Gasteiger partial charge in [0.15, 0.2) is 6.10 Å². The van der Waals surface area contributed by atoms with Crippen LogP contribution in [0.15, 0.2) is 12.1 Å². The van der Waals surface area contributed by atoms with E-state index in [-0.39, 0.29) is 17.4 Å². The molecule has 6 nitrogen and oxygen atoms in total. The number of hydrogen-bond donors (Lipinski definition) is 0. The molecule has 0 aliphatic rings. The van der Waals surface area contributed by atoms with Gasteiger partial charge in [0.05, 0.1) is 22.6 Å². The Morgan fingerprint density at radius 3 is 2.74 bits per heavy atom. The number of benzene rings is 1. The molecule has 0 N–H and O–H groups in total. The summed E-state index contributed by atoms with van der Waals surface area (Å²) in [6.45, 7) is 3.10. The molecule has 1 atom stereocenters. The summed E-state index contributed by atoms with van der Waals surface area (Å²) in [5.41, 5.74) is -0.652. The third-order valence-electron chi connectivity index (χ3n) is 2.10. The number of carbonyl (C=O) groups excluding carboxylic acids is 1. The van der Waals surface area contributed by atoms with Crippen molar-refractivity contribution in [3.63, 3.8) is 0 Å². The van der Waals surface area contributed by atoms with E-state index in [2.05, 4.69) is 4.74 Å². The lowest BCUT2D eigenvalue weighted by Gasteiger charge is -2.14. The molecule has 1 aromatic rings. The van der Waals surface area contributed by atoms with E-state index in [0.29, 0.717) is 6.07 Å². The fraction of sp³-hybridized carbons (Fsp3) is 0.364. The number of ether oxygens (including phenoxy) is 2. The van der Waals surface area contributed by atoms with Crippen LogP contribution in [0.4, 0.5) is 10.1 Å². The molecule has 0 heterocycles. The van der Waals surface area contributed by atoms with Crippen LogP contribution in [0.3, 0.4) is 0 Å². The summed E-state index contributed by atoms with van der Waals surface area (Å²) in [7, 11) is 0. The van der Waals surface area contributed by atoms with E-state index in [1.54, 1.807) is 6.92 Å². The Morgan fingerprint density at radius 2 is 2.21 bits per heavy atom. The summed E-state index contributed by atoms with van der Waals surface area (Å²) < 4.78 is 22.8. The second kappa shape index (κ2) is 6.33. The zero-order valence-electron chi connectivity index (χ0n) is 10.2. The van der Waals surface area contributed by atoms with Gasteiger partial charge < -0.3 is 9.47 Å². The maximum atomic E-state index is 13.0. The molecule has 0 aliphatic heterocycles. The van der Waals surface area contributed by atoms with Gasteiger partial charge in [-0.15, -0.1) is 0 Å². The summed E-state index contributed by atoms with van der Waals surface area (Å²) in [5, 5.41) is 10.5. The SMILES string of the molecule is CCOC(=O)[C@@H](C)Oc1c(Cl)cc(F)cc1[N+](=O)[O-]. The zero-order valence-corrected chi connectivity index (χ0v) is 10.9. The number of rotatable bonds is 5. The first-order valence-corrected chi connectivity index (χ1v) is 5.71. The Hall–Kier alpha value is -1.89. The van der Waals surface area contributed by atoms with Crippen LogP contribution < -0.4 is 4.74 Å². The van der Waals surface area contributed by atoms with E-state index in [0.717, 1.165) is 6.07 Å². The number of hydrogen-bond acceptors (Lipinski definition) is 5. The summed E-state index contributed by atoms with van der Waals surface area (Å²) in [6.07, 6.45) is -1.10. The number of nitro groups is 1. The number of nitro benzene ring substituents is 1. The van der Waals surface area contributed by atoms with Crippen LogP contribution in [-0.4, -0.2) is 23.6 Å². The minimum atomic E-state index is -1.10. The van der Waals surface area contributed by atoms with Crippen LogP contribution in [0.1, 0.15) is 13.8 Å². The van der Waals surface area contributed by atoms with E-state index in [1.165, 1.54) is 6.92 Å². The highest BCUT2D eigenvalue weighted by Gasteiger charge is 2.25. The standard InChI is InChI=1S/C11H11ClFNO5/c1-3-18-11(15)6(2)19-10-8(12)4-7(13)5-9(10)14(16)17/h4-6H,3H2,1-2H3/t6-/m1/s1. The highest BCUT2D eigenvalue weighted by atomic mass is 35.5. The molecule has 0 saturated carbocycles. The largest absolute Gasteiger partial charge is 0.471 e. The van der Waals surface area contributed by atoms with Crippen molar-refractivity contribution in [2.24, 2.45) is 0 Å². The van der Waals surface area contributed by atoms with E-state index in [9.17, 15) is 19.3 Å². The van der Waals surface area contributed by atoms with Crippen molar-refractivity contribution in [1.29, 1.82) is 0 Å². The Labute approximate surface area is 113 Å². The molecule has 0 spiro atoms. The first kappa shape index (κ1) is 15.2. The average Bonchev–Trinajstić information content (AvgIpc) is 2.32. The van der Waals surface area contributed by atoms with Gasteiger partial charge in [0, 0.05) is 0 Å². The fourth-order valence-electron chi connectivity index (χ4n) is 1.28. The lowest BCUT2D eigenvalue weighted by atomic mass is 10.2. The Balaban J connectivity index is 3.06. The second-order valence-corrected chi connectivity index (χ2v) is 3.91. The van der Waals surface area contributed by atoms with Gasteiger partial charge in [0.1, 0.15) is 5.82 Å². The predicted molar refractivity (Wildman–Crippen MR) is 64.8 cm³/mol. The minimum absolute atomic E-state index is 0.145. The van der Waals surface area contributed by atoms with Gasteiger partial charge in [-0.2, -0.15) is 0 Å². The molecule has 8 heteroatoms. The van der Waals surface area contributed by atoms with Gasteiger partial charge in [-0.1, -0.05) is 11.6 Å². The molecule has 0 fully saturated rings. The number of carbonyl (C=O) groups is 1. The lowest BCUT2D eigenvalue weighted by molar-refractivity contribution is -0.386. The first-order valence-electron chi connectivity index (χ1n) is 5.33. The van der Waals surface area contributed by atoms with Crippen molar-refractivity contribution < 1.29 is 23.6 Å². The normalized spacial score (nSPS) is 11.8. The monoisotopic (exact) mass is 291 g/mol. The number of nitrogens with zero attached hydrogens (tertiary/aromatic N) is 1. The quantitative estimate of drug-likeness (QED) is 0.473.